The summed E-state index contributed by atoms with van der Waals surface area (Å²) in [5.74, 6) is -0.441. The van der Waals surface area contributed by atoms with Gasteiger partial charge in [-0.3, -0.25) is 0 Å². The molecule has 0 aliphatic rings. The van der Waals surface area contributed by atoms with Crippen molar-refractivity contribution in [2.75, 3.05) is 17.2 Å². The van der Waals surface area contributed by atoms with Crippen LogP contribution in [0.5, 0.6) is 0 Å². The SMILES string of the molecule is CCN(Cc1cccc(C#N)c1F)c1ccc(N)cc1. The third-order valence-electron chi connectivity index (χ3n) is 3.20. The van der Waals surface area contributed by atoms with Crippen molar-refractivity contribution in [3.8, 4) is 6.07 Å². The van der Waals surface area contributed by atoms with E-state index >= 15 is 0 Å². The molecule has 0 aliphatic heterocycles. The van der Waals surface area contributed by atoms with E-state index < -0.39 is 5.82 Å². The first-order valence-electron chi connectivity index (χ1n) is 6.43. The Labute approximate surface area is 118 Å². The minimum atomic E-state index is -0.441. The highest BCUT2D eigenvalue weighted by atomic mass is 19.1. The van der Waals surface area contributed by atoms with E-state index in [9.17, 15) is 4.39 Å². The molecular formula is C16H16FN3. The fourth-order valence-electron chi connectivity index (χ4n) is 2.06. The Morgan fingerprint density at radius 3 is 2.50 bits per heavy atom. The molecule has 3 nitrogen and oxygen atoms in total. The fraction of sp³-hybridized carbons (Fsp3) is 0.188. The number of anilines is 2. The zero-order valence-electron chi connectivity index (χ0n) is 11.3. The van der Waals surface area contributed by atoms with Crippen molar-refractivity contribution in [3.63, 3.8) is 0 Å². The van der Waals surface area contributed by atoms with E-state index in [1.807, 2.05) is 42.2 Å². The number of nitrogen functional groups attached to an aromatic ring is 1. The maximum absolute atomic E-state index is 14.1. The number of nitrogens with two attached hydrogens (primary N) is 1. The molecule has 2 rings (SSSR count). The van der Waals surface area contributed by atoms with Gasteiger partial charge < -0.3 is 10.6 Å². The van der Waals surface area contributed by atoms with Gasteiger partial charge in [-0.25, -0.2) is 4.39 Å². The lowest BCUT2D eigenvalue weighted by Gasteiger charge is -2.23. The molecule has 0 bridgehead atoms. The van der Waals surface area contributed by atoms with E-state index in [0.29, 0.717) is 17.8 Å². The average Bonchev–Trinajstić information content (AvgIpc) is 2.47. The van der Waals surface area contributed by atoms with Gasteiger partial charge in [0.15, 0.2) is 0 Å². The van der Waals surface area contributed by atoms with Crippen molar-refractivity contribution >= 4 is 11.4 Å². The molecule has 0 fully saturated rings. The van der Waals surface area contributed by atoms with Crippen LogP contribution in [0.4, 0.5) is 15.8 Å². The standard InChI is InChI=1S/C16H16FN3/c1-2-20(15-8-6-14(19)7-9-15)11-13-5-3-4-12(10-18)16(13)17/h3-9H,2,11,19H2,1H3. The summed E-state index contributed by atoms with van der Waals surface area (Å²) in [5, 5.41) is 8.86. The predicted molar refractivity (Wildman–Crippen MR) is 78.7 cm³/mol. The zero-order chi connectivity index (χ0) is 14.5. The van der Waals surface area contributed by atoms with E-state index in [1.54, 1.807) is 12.1 Å². The second-order valence-electron chi connectivity index (χ2n) is 4.50. The van der Waals surface area contributed by atoms with Gasteiger partial charge in [-0.15, -0.1) is 0 Å². The Balaban J connectivity index is 2.27. The highest BCUT2D eigenvalue weighted by Gasteiger charge is 2.11. The Hall–Kier alpha value is -2.54. The third-order valence-corrected chi connectivity index (χ3v) is 3.20. The zero-order valence-corrected chi connectivity index (χ0v) is 11.3. The summed E-state index contributed by atoms with van der Waals surface area (Å²) in [6.45, 7) is 3.16. The molecule has 4 heteroatoms. The number of halogens is 1. The highest BCUT2D eigenvalue weighted by molar-refractivity contribution is 5.53. The smallest absolute Gasteiger partial charge is 0.145 e. The molecule has 0 atom stereocenters. The Morgan fingerprint density at radius 2 is 1.90 bits per heavy atom. The summed E-state index contributed by atoms with van der Waals surface area (Å²) >= 11 is 0. The van der Waals surface area contributed by atoms with Gasteiger partial charge in [-0.1, -0.05) is 12.1 Å². The molecule has 20 heavy (non-hydrogen) atoms. The first-order valence-corrected chi connectivity index (χ1v) is 6.43. The molecule has 0 heterocycles. The van der Waals surface area contributed by atoms with E-state index in [1.165, 1.54) is 6.07 Å². The lowest BCUT2D eigenvalue weighted by Crippen LogP contribution is -2.22. The first-order chi connectivity index (χ1) is 9.65. The molecule has 0 aromatic heterocycles. The van der Waals surface area contributed by atoms with Gasteiger partial charge in [-0.2, -0.15) is 5.26 Å². The van der Waals surface area contributed by atoms with Crippen LogP contribution in [-0.4, -0.2) is 6.54 Å². The maximum atomic E-state index is 14.1. The van der Waals surface area contributed by atoms with Crippen LogP contribution in [-0.2, 0) is 6.54 Å². The minimum absolute atomic E-state index is 0.0795. The first kappa shape index (κ1) is 13.9. The molecule has 2 aromatic carbocycles. The number of hydrogen-bond donors (Lipinski definition) is 1. The lowest BCUT2D eigenvalue weighted by molar-refractivity contribution is 0.601. The maximum Gasteiger partial charge on any atom is 0.145 e. The van der Waals surface area contributed by atoms with Crippen LogP contribution in [0.15, 0.2) is 42.5 Å². The van der Waals surface area contributed by atoms with Crippen molar-refractivity contribution in [3.05, 3.63) is 59.4 Å². The van der Waals surface area contributed by atoms with Crippen LogP contribution in [0.25, 0.3) is 0 Å². The number of benzene rings is 2. The quantitative estimate of drug-likeness (QED) is 0.866. The molecule has 102 valence electrons. The average molecular weight is 269 g/mol. The van der Waals surface area contributed by atoms with Gasteiger partial charge in [0.2, 0.25) is 0 Å². The molecule has 0 saturated heterocycles. The molecule has 2 N–H and O–H groups in total. The summed E-state index contributed by atoms with van der Waals surface area (Å²) in [6, 6.07) is 14.2. The number of hydrogen-bond acceptors (Lipinski definition) is 3. The Bertz CT molecular complexity index is 629. The molecular weight excluding hydrogens is 253 g/mol. The third kappa shape index (κ3) is 2.89. The predicted octanol–water partition coefficient (Wildman–Crippen LogP) is 3.31. The summed E-state index contributed by atoms with van der Waals surface area (Å²) in [5.41, 5.74) is 7.94. The van der Waals surface area contributed by atoms with Crippen LogP contribution < -0.4 is 10.6 Å². The largest absolute Gasteiger partial charge is 0.399 e. The summed E-state index contributed by atoms with van der Waals surface area (Å²) in [4.78, 5) is 2.03. The number of nitriles is 1. The fourth-order valence-corrected chi connectivity index (χ4v) is 2.06. The molecule has 2 aromatic rings. The van der Waals surface area contributed by atoms with Gasteiger partial charge in [0.25, 0.3) is 0 Å². The van der Waals surface area contributed by atoms with Crippen molar-refractivity contribution in [2.24, 2.45) is 0 Å². The van der Waals surface area contributed by atoms with Crippen LogP contribution in [0, 0.1) is 17.1 Å². The second kappa shape index (κ2) is 6.07. The second-order valence-corrected chi connectivity index (χ2v) is 4.50. The van der Waals surface area contributed by atoms with E-state index in [4.69, 9.17) is 11.0 Å². The summed E-state index contributed by atoms with van der Waals surface area (Å²) < 4.78 is 14.1. The van der Waals surface area contributed by atoms with Crippen molar-refractivity contribution < 1.29 is 4.39 Å². The molecule has 0 aliphatic carbocycles. The van der Waals surface area contributed by atoms with Crippen molar-refractivity contribution in [2.45, 2.75) is 13.5 Å². The summed E-state index contributed by atoms with van der Waals surface area (Å²) in [6.07, 6.45) is 0. The minimum Gasteiger partial charge on any atom is -0.399 e. The van der Waals surface area contributed by atoms with Gasteiger partial charge >= 0.3 is 0 Å². The van der Waals surface area contributed by atoms with Crippen molar-refractivity contribution in [1.29, 1.82) is 5.26 Å². The van der Waals surface area contributed by atoms with E-state index in [2.05, 4.69) is 0 Å². The van der Waals surface area contributed by atoms with E-state index in [0.717, 1.165) is 12.2 Å². The summed E-state index contributed by atoms with van der Waals surface area (Å²) in [7, 11) is 0. The molecule has 0 unspecified atom stereocenters. The molecule has 0 saturated carbocycles. The highest BCUT2D eigenvalue weighted by Crippen LogP contribution is 2.21. The monoisotopic (exact) mass is 269 g/mol. The number of rotatable bonds is 4. The molecule has 0 spiro atoms. The Morgan fingerprint density at radius 1 is 1.20 bits per heavy atom. The van der Waals surface area contributed by atoms with Crippen LogP contribution in [0.3, 0.4) is 0 Å². The van der Waals surface area contributed by atoms with Crippen LogP contribution >= 0.6 is 0 Å². The molecule has 0 amide bonds. The van der Waals surface area contributed by atoms with Crippen molar-refractivity contribution in [1.82, 2.24) is 0 Å². The van der Waals surface area contributed by atoms with Crippen LogP contribution in [0.1, 0.15) is 18.1 Å². The van der Waals surface area contributed by atoms with Gasteiger partial charge in [0, 0.05) is 30.0 Å². The molecule has 0 radical (unpaired) electrons. The van der Waals surface area contributed by atoms with Gasteiger partial charge in [0.1, 0.15) is 11.9 Å². The lowest BCUT2D eigenvalue weighted by atomic mass is 10.1. The topological polar surface area (TPSA) is 53.0 Å². The van der Waals surface area contributed by atoms with Crippen LogP contribution in [0.2, 0.25) is 0 Å². The van der Waals surface area contributed by atoms with Gasteiger partial charge in [0.05, 0.1) is 5.56 Å². The Kier molecular flexibility index (Phi) is 4.21. The normalized spacial score (nSPS) is 10.1. The van der Waals surface area contributed by atoms with E-state index in [-0.39, 0.29) is 5.56 Å². The van der Waals surface area contributed by atoms with Gasteiger partial charge in [-0.05, 0) is 37.3 Å². The number of nitrogens with zero attached hydrogens (tertiary/aromatic N) is 2.